The largest absolute Gasteiger partial charge is 0.478 e. The van der Waals surface area contributed by atoms with Crippen molar-refractivity contribution in [1.29, 1.82) is 0 Å². The molecular formula is C18H22N6O3. The Bertz CT molecular complexity index is 924. The van der Waals surface area contributed by atoms with Crippen molar-refractivity contribution in [3.8, 4) is 11.3 Å². The number of anilines is 1. The van der Waals surface area contributed by atoms with Gasteiger partial charge in [0, 0.05) is 49.0 Å². The number of fused-ring (bicyclic) bond motifs is 2. The molecule has 1 atom stereocenters. The van der Waals surface area contributed by atoms with Crippen molar-refractivity contribution < 1.29 is 14.7 Å². The van der Waals surface area contributed by atoms with Gasteiger partial charge in [-0.15, -0.1) is 0 Å². The SMILES string of the molecule is CCNC(=O)N1CC[C@@]2(CCn3nc(-c4cnc(N)c(C(=O)O)c4)cc32)C1. The normalized spacial score (nSPS) is 20.9. The van der Waals surface area contributed by atoms with E-state index in [2.05, 4.69) is 15.4 Å². The zero-order chi connectivity index (χ0) is 19.2. The average molecular weight is 370 g/mol. The quantitative estimate of drug-likeness (QED) is 0.747. The summed E-state index contributed by atoms with van der Waals surface area (Å²) in [5.74, 6) is -1.12. The summed E-state index contributed by atoms with van der Waals surface area (Å²) in [4.78, 5) is 29.3. The molecule has 2 aliphatic heterocycles. The van der Waals surface area contributed by atoms with Gasteiger partial charge in [0.1, 0.15) is 11.4 Å². The van der Waals surface area contributed by atoms with Gasteiger partial charge < -0.3 is 21.1 Å². The molecule has 4 heterocycles. The molecule has 0 aliphatic carbocycles. The third kappa shape index (κ3) is 2.79. The zero-order valence-corrected chi connectivity index (χ0v) is 15.1. The lowest BCUT2D eigenvalue weighted by atomic mass is 9.82. The Labute approximate surface area is 156 Å². The van der Waals surface area contributed by atoms with Crippen molar-refractivity contribution in [3.05, 3.63) is 29.6 Å². The van der Waals surface area contributed by atoms with Crippen molar-refractivity contribution in [2.75, 3.05) is 25.4 Å². The molecule has 0 aromatic carbocycles. The summed E-state index contributed by atoms with van der Waals surface area (Å²) in [6.07, 6.45) is 3.39. The molecule has 1 fully saturated rings. The monoisotopic (exact) mass is 370 g/mol. The van der Waals surface area contributed by atoms with E-state index in [-0.39, 0.29) is 22.8 Å². The molecule has 9 nitrogen and oxygen atoms in total. The number of urea groups is 1. The molecule has 1 spiro atoms. The van der Waals surface area contributed by atoms with Crippen molar-refractivity contribution in [1.82, 2.24) is 25.0 Å². The van der Waals surface area contributed by atoms with E-state index in [9.17, 15) is 14.7 Å². The second-order valence-corrected chi connectivity index (χ2v) is 7.14. The molecule has 4 rings (SSSR count). The lowest BCUT2D eigenvalue weighted by Gasteiger charge is -2.23. The van der Waals surface area contributed by atoms with Gasteiger partial charge in [-0.05, 0) is 31.9 Å². The number of carbonyl (C=O) groups is 2. The molecule has 4 N–H and O–H groups in total. The second kappa shape index (κ2) is 6.26. The Morgan fingerprint density at radius 1 is 1.33 bits per heavy atom. The Kier molecular flexibility index (Phi) is 4.01. The minimum atomic E-state index is -1.11. The number of pyridine rings is 1. The maximum atomic E-state index is 12.2. The van der Waals surface area contributed by atoms with E-state index >= 15 is 0 Å². The number of carboxylic acids is 1. The van der Waals surface area contributed by atoms with Crippen LogP contribution in [-0.4, -0.2) is 56.4 Å². The fourth-order valence-corrected chi connectivity index (χ4v) is 4.11. The number of amides is 2. The third-order valence-electron chi connectivity index (χ3n) is 5.54. The molecule has 9 heteroatoms. The van der Waals surface area contributed by atoms with E-state index in [1.807, 2.05) is 22.6 Å². The maximum absolute atomic E-state index is 12.2. The number of hydrogen-bond donors (Lipinski definition) is 3. The highest BCUT2D eigenvalue weighted by Gasteiger charge is 2.46. The van der Waals surface area contributed by atoms with Gasteiger partial charge in [-0.3, -0.25) is 4.68 Å². The number of aromatic carboxylic acids is 1. The number of likely N-dealkylation sites (tertiary alicyclic amines) is 1. The molecule has 0 unspecified atom stereocenters. The van der Waals surface area contributed by atoms with Gasteiger partial charge in [0.05, 0.1) is 5.69 Å². The van der Waals surface area contributed by atoms with E-state index in [1.54, 1.807) is 6.20 Å². The predicted octanol–water partition coefficient (Wildman–Crippen LogP) is 1.30. The Hall–Kier alpha value is -3.10. The molecule has 2 aliphatic rings. The number of rotatable bonds is 3. The van der Waals surface area contributed by atoms with Crippen LogP contribution in [0.3, 0.4) is 0 Å². The first-order valence-corrected chi connectivity index (χ1v) is 9.04. The van der Waals surface area contributed by atoms with E-state index in [1.165, 1.54) is 6.07 Å². The van der Waals surface area contributed by atoms with Crippen molar-refractivity contribution in [2.45, 2.75) is 31.7 Å². The molecule has 0 saturated carbocycles. The van der Waals surface area contributed by atoms with E-state index < -0.39 is 5.97 Å². The number of nitrogens with zero attached hydrogens (tertiary/aromatic N) is 4. The first-order valence-electron chi connectivity index (χ1n) is 9.04. The number of nitrogens with one attached hydrogen (secondary N) is 1. The Morgan fingerprint density at radius 3 is 2.85 bits per heavy atom. The molecule has 27 heavy (non-hydrogen) atoms. The first kappa shape index (κ1) is 17.3. The zero-order valence-electron chi connectivity index (χ0n) is 15.1. The van der Waals surface area contributed by atoms with Crippen LogP contribution in [0.4, 0.5) is 10.6 Å². The number of aryl methyl sites for hydroxylation is 1. The van der Waals surface area contributed by atoms with Crippen LogP contribution in [0.15, 0.2) is 18.3 Å². The summed E-state index contributed by atoms with van der Waals surface area (Å²) >= 11 is 0. The number of nitrogen functional groups attached to an aromatic ring is 1. The second-order valence-electron chi connectivity index (χ2n) is 7.14. The number of nitrogens with two attached hydrogens (primary N) is 1. The standard InChI is InChI=1S/C18H22N6O3/c1-2-20-17(27)23-5-3-18(10-23)4-6-24-14(18)8-13(22-24)11-7-12(16(25)26)15(19)21-9-11/h7-9H,2-6,10H2,1H3,(H2,19,21)(H,20,27)(H,25,26)/t18-/m1/s1. The van der Waals surface area contributed by atoms with Crippen molar-refractivity contribution in [2.24, 2.45) is 0 Å². The van der Waals surface area contributed by atoms with Gasteiger partial charge in [-0.1, -0.05) is 0 Å². The van der Waals surface area contributed by atoms with E-state index in [0.29, 0.717) is 24.3 Å². The first-order chi connectivity index (χ1) is 12.9. The van der Waals surface area contributed by atoms with Gasteiger partial charge in [0.2, 0.25) is 0 Å². The highest BCUT2D eigenvalue weighted by Crippen LogP contribution is 2.43. The minimum absolute atomic E-state index is 0.0113. The summed E-state index contributed by atoms with van der Waals surface area (Å²) in [5.41, 5.74) is 7.92. The van der Waals surface area contributed by atoms with Crippen molar-refractivity contribution >= 4 is 17.8 Å². The van der Waals surface area contributed by atoms with Crippen LogP contribution in [-0.2, 0) is 12.0 Å². The molecule has 0 radical (unpaired) electrons. The summed E-state index contributed by atoms with van der Waals surface area (Å²) in [5, 5.41) is 16.8. The van der Waals surface area contributed by atoms with Gasteiger partial charge >= 0.3 is 12.0 Å². The predicted molar refractivity (Wildman–Crippen MR) is 98.4 cm³/mol. The molecule has 1 saturated heterocycles. The smallest absolute Gasteiger partial charge is 0.339 e. The number of carboxylic acid groups (broad SMARTS) is 1. The number of carbonyl (C=O) groups excluding carboxylic acids is 1. The van der Waals surface area contributed by atoms with Gasteiger partial charge in [-0.25, -0.2) is 14.6 Å². The summed E-state index contributed by atoms with van der Waals surface area (Å²) < 4.78 is 1.97. The molecule has 2 amide bonds. The van der Waals surface area contributed by atoms with Crippen LogP contribution in [0, 0.1) is 0 Å². The van der Waals surface area contributed by atoms with Crippen molar-refractivity contribution in [3.63, 3.8) is 0 Å². The van der Waals surface area contributed by atoms with E-state index in [4.69, 9.17) is 5.73 Å². The topological polar surface area (TPSA) is 126 Å². The average Bonchev–Trinajstić information content (AvgIpc) is 3.33. The molecule has 2 aromatic heterocycles. The van der Waals surface area contributed by atoms with E-state index in [0.717, 1.165) is 31.6 Å². The Morgan fingerprint density at radius 2 is 2.11 bits per heavy atom. The molecular weight excluding hydrogens is 348 g/mol. The summed E-state index contributed by atoms with van der Waals surface area (Å²) in [7, 11) is 0. The molecule has 0 bridgehead atoms. The highest BCUT2D eigenvalue weighted by atomic mass is 16.4. The van der Waals surface area contributed by atoms with Gasteiger partial charge in [0.25, 0.3) is 0 Å². The number of hydrogen-bond acceptors (Lipinski definition) is 5. The van der Waals surface area contributed by atoms with Crippen LogP contribution >= 0.6 is 0 Å². The highest BCUT2D eigenvalue weighted by molar-refractivity contribution is 5.93. The fourth-order valence-electron chi connectivity index (χ4n) is 4.11. The maximum Gasteiger partial charge on any atom is 0.339 e. The van der Waals surface area contributed by atoms with Crippen LogP contribution in [0.25, 0.3) is 11.3 Å². The third-order valence-corrected chi connectivity index (χ3v) is 5.54. The van der Waals surface area contributed by atoms with Gasteiger partial charge in [-0.2, -0.15) is 5.10 Å². The lowest BCUT2D eigenvalue weighted by molar-refractivity contribution is 0.0697. The van der Waals surface area contributed by atoms with Crippen LogP contribution < -0.4 is 11.1 Å². The van der Waals surface area contributed by atoms with Gasteiger partial charge in [0.15, 0.2) is 0 Å². The number of aromatic nitrogens is 3. The Balaban J connectivity index is 1.64. The summed E-state index contributed by atoms with van der Waals surface area (Å²) in [6, 6.07) is 3.47. The fraction of sp³-hybridized carbons (Fsp3) is 0.444. The summed E-state index contributed by atoms with van der Waals surface area (Å²) in [6.45, 7) is 4.70. The molecule has 142 valence electrons. The van der Waals surface area contributed by atoms with Crippen LogP contribution in [0.2, 0.25) is 0 Å². The lowest BCUT2D eigenvalue weighted by Crippen LogP contribution is -2.40. The van der Waals surface area contributed by atoms with Crippen LogP contribution in [0.5, 0.6) is 0 Å². The van der Waals surface area contributed by atoms with Crippen LogP contribution in [0.1, 0.15) is 35.8 Å². The minimum Gasteiger partial charge on any atom is -0.478 e. The molecule has 2 aromatic rings.